The normalized spacial score (nSPS) is 12.4. The van der Waals surface area contributed by atoms with Crippen molar-refractivity contribution in [2.24, 2.45) is 0 Å². The first-order chi connectivity index (χ1) is 6.12. The zero-order chi connectivity index (χ0) is 11.9. The Morgan fingerprint density at radius 2 is 1.57 bits per heavy atom. The molecule has 0 aliphatic rings. The Kier molecular flexibility index (Phi) is 6.83. The molecule has 0 aliphatic carbocycles. The molecule has 0 radical (unpaired) electrons. The molecular formula is C6H12O8. The second-order valence-corrected chi connectivity index (χ2v) is 2.36. The van der Waals surface area contributed by atoms with Gasteiger partial charge in [-0.05, 0) is 0 Å². The standard InChI is InChI=1S/2C3H6O4/c1-3(6,7)2(4)5;4-1-2(5)3(6)7/h6-7H,1H3,(H,4,5);2,4-5H,1H2,(H,6,7)/t;2-/m.1/s1. The molecule has 0 fully saturated rings. The third-order valence-electron chi connectivity index (χ3n) is 0.863. The molecule has 0 aliphatic heterocycles. The molecular weight excluding hydrogens is 200 g/mol. The first-order valence-corrected chi connectivity index (χ1v) is 3.32. The van der Waals surface area contributed by atoms with E-state index in [4.69, 9.17) is 30.6 Å². The quantitative estimate of drug-likeness (QED) is 0.274. The molecule has 0 unspecified atom stereocenters. The maximum Gasteiger partial charge on any atom is 0.363 e. The van der Waals surface area contributed by atoms with Gasteiger partial charge in [0.05, 0.1) is 6.61 Å². The van der Waals surface area contributed by atoms with Crippen molar-refractivity contribution < 1.29 is 40.2 Å². The second-order valence-electron chi connectivity index (χ2n) is 2.36. The second kappa shape index (κ2) is 6.27. The van der Waals surface area contributed by atoms with Crippen LogP contribution in [0.15, 0.2) is 0 Å². The third kappa shape index (κ3) is 8.87. The fraction of sp³-hybridized carbons (Fsp3) is 0.667. The Hall–Kier alpha value is -1.22. The predicted molar refractivity (Wildman–Crippen MR) is 41.2 cm³/mol. The van der Waals surface area contributed by atoms with E-state index in [2.05, 4.69) is 0 Å². The van der Waals surface area contributed by atoms with E-state index in [1.165, 1.54) is 0 Å². The summed E-state index contributed by atoms with van der Waals surface area (Å²) in [6.45, 7) is 0.0463. The van der Waals surface area contributed by atoms with Gasteiger partial charge in [-0.15, -0.1) is 0 Å². The average molecular weight is 212 g/mol. The first-order valence-electron chi connectivity index (χ1n) is 3.32. The number of aliphatic carboxylic acids is 2. The van der Waals surface area contributed by atoms with Crippen LogP contribution in [0, 0.1) is 0 Å². The van der Waals surface area contributed by atoms with Crippen molar-refractivity contribution in [1.29, 1.82) is 0 Å². The van der Waals surface area contributed by atoms with Gasteiger partial charge in [-0.2, -0.15) is 0 Å². The molecule has 8 nitrogen and oxygen atoms in total. The Bertz CT molecular complexity index is 192. The Morgan fingerprint density at radius 3 is 1.57 bits per heavy atom. The molecule has 6 N–H and O–H groups in total. The third-order valence-corrected chi connectivity index (χ3v) is 0.863. The molecule has 0 spiro atoms. The molecule has 0 aromatic carbocycles. The van der Waals surface area contributed by atoms with Crippen LogP contribution in [0.25, 0.3) is 0 Å². The molecule has 0 aromatic heterocycles. The molecule has 8 heteroatoms. The van der Waals surface area contributed by atoms with Crippen molar-refractivity contribution in [3.05, 3.63) is 0 Å². The highest BCUT2D eigenvalue weighted by molar-refractivity contribution is 5.74. The number of aliphatic hydroxyl groups is 4. The van der Waals surface area contributed by atoms with Crippen molar-refractivity contribution in [3.63, 3.8) is 0 Å². The number of hydrogen-bond acceptors (Lipinski definition) is 6. The smallest absolute Gasteiger partial charge is 0.363 e. The van der Waals surface area contributed by atoms with Crippen LogP contribution in [0.4, 0.5) is 0 Å². The Morgan fingerprint density at radius 1 is 1.29 bits per heavy atom. The van der Waals surface area contributed by atoms with Crippen molar-refractivity contribution in [2.75, 3.05) is 6.61 Å². The summed E-state index contributed by atoms with van der Waals surface area (Å²) in [4.78, 5) is 19.0. The van der Waals surface area contributed by atoms with Gasteiger partial charge >= 0.3 is 11.9 Å². The van der Waals surface area contributed by atoms with E-state index in [1.807, 2.05) is 0 Å². The summed E-state index contributed by atoms with van der Waals surface area (Å²) >= 11 is 0. The minimum Gasteiger partial charge on any atom is -0.479 e. The number of hydrogen-bond donors (Lipinski definition) is 6. The van der Waals surface area contributed by atoms with Crippen LogP contribution < -0.4 is 0 Å². The zero-order valence-electron chi connectivity index (χ0n) is 7.28. The number of rotatable bonds is 3. The molecule has 0 saturated heterocycles. The highest BCUT2D eigenvalue weighted by Crippen LogP contribution is 1.93. The summed E-state index contributed by atoms with van der Waals surface area (Å²) in [7, 11) is 0. The monoisotopic (exact) mass is 212 g/mol. The SMILES string of the molecule is CC(O)(O)C(=O)O.O=C(O)[C@H](O)CO. The van der Waals surface area contributed by atoms with E-state index >= 15 is 0 Å². The first kappa shape index (κ1) is 15.3. The largest absolute Gasteiger partial charge is 0.479 e. The molecule has 1 atom stereocenters. The van der Waals surface area contributed by atoms with Gasteiger partial charge < -0.3 is 30.6 Å². The summed E-state index contributed by atoms with van der Waals surface area (Å²) in [6, 6.07) is 0. The lowest BCUT2D eigenvalue weighted by atomic mass is 10.3. The van der Waals surface area contributed by atoms with Crippen LogP contribution in [0.5, 0.6) is 0 Å². The van der Waals surface area contributed by atoms with E-state index < -0.39 is 30.4 Å². The van der Waals surface area contributed by atoms with Crippen LogP contribution in [0.2, 0.25) is 0 Å². The molecule has 0 bridgehead atoms. The van der Waals surface area contributed by atoms with Gasteiger partial charge in [0.25, 0.3) is 5.79 Å². The summed E-state index contributed by atoms with van der Waals surface area (Å²) in [5, 5.41) is 47.6. The van der Waals surface area contributed by atoms with E-state index in [1.54, 1.807) is 0 Å². The molecule has 0 rings (SSSR count). The molecule has 0 amide bonds. The Balaban J connectivity index is 0. The van der Waals surface area contributed by atoms with E-state index in [0.717, 1.165) is 6.92 Å². The number of carboxylic acids is 2. The summed E-state index contributed by atoms with van der Waals surface area (Å²) in [6.07, 6.45) is -1.63. The number of aliphatic hydroxyl groups excluding tert-OH is 2. The van der Waals surface area contributed by atoms with E-state index in [-0.39, 0.29) is 0 Å². The van der Waals surface area contributed by atoms with Crippen LogP contribution in [-0.2, 0) is 9.59 Å². The van der Waals surface area contributed by atoms with Gasteiger partial charge in [0.2, 0.25) is 0 Å². The predicted octanol–water partition coefficient (Wildman–Crippen LogP) is -2.80. The maximum absolute atomic E-state index is 9.52. The van der Waals surface area contributed by atoms with Crippen molar-refractivity contribution in [1.82, 2.24) is 0 Å². The molecule has 0 heterocycles. The lowest BCUT2D eigenvalue weighted by Crippen LogP contribution is -2.33. The maximum atomic E-state index is 9.52. The van der Waals surface area contributed by atoms with Crippen LogP contribution >= 0.6 is 0 Å². The minimum absolute atomic E-state index is 0.727. The highest BCUT2D eigenvalue weighted by Gasteiger charge is 2.24. The molecule has 0 saturated carbocycles. The van der Waals surface area contributed by atoms with Gasteiger partial charge in [-0.3, -0.25) is 0 Å². The fourth-order valence-electron chi connectivity index (χ4n) is 0.0781. The van der Waals surface area contributed by atoms with E-state index in [9.17, 15) is 9.59 Å². The highest BCUT2D eigenvalue weighted by atomic mass is 16.5. The van der Waals surface area contributed by atoms with Crippen LogP contribution in [-0.4, -0.2) is 61.1 Å². The molecule has 84 valence electrons. The topological polar surface area (TPSA) is 156 Å². The van der Waals surface area contributed by atoms with E-state index in [0.29, 0.717) is 0 Å². The minimum atomic E-state index is -2.58. The number of carboxylic acid groups (broad SMARTS) is 2. The van der Waals surface area contributed by atoms with Crippen molar-refractivity contribution in [3.8, 4) is 0 Å². The molecule has 0 aromatic rings. The average Bonchev–Trinajstić information content (AvgIpc) is 2.02. The van der Waals surface area contributed by atoms with Gasteiger partial charge in [-0.25, -0.2) is 9.59 Å². The van der Waals surface area contributed by atoms with Gasteiger partial charge in [-0.1, -0.05) is 0 Å². The van der Waals surface area contributed by atoms with Crippen LogP contribution in [0.1, 0.15) is 6.92 Å². The summed E-state index contributed by atoms with van der Waals surface area (Å²) in [5.74, 6) is -5.63. The summed E-state index contributed by atoms with van der Waals surface area (Å²) < 4.78 is 0. The summed E-state index contributed by atoms with van der Waals surface area (Å²) in [5.41, 5.74) is 0. The Labute approximate surface area is 78.7 Å². The lowest BCUT2D eigenvalue weighted by molar-refractivity contribution is -0.196. The van der Waals surface area contributed by atoms with Crippen LogP contribution in [0.3, 0.4) is 0 Å². The zero-order valence-corrected chi connectivity index (χ0v) is 7.28. The molecule has 14 heavy (non-hydrogen) atoms. The fourth-order valence-corrected chi connectivity index (χ4v) is 0.0781. The van der Waals surface area contributed by atoms with Gasteiger partial charge in [0, 0.05) is 6.92 Å². The number of carbonyl (C=O) groups is 2. The lowest BCUT2D eigenvalue weighted by Gasteiger charge is -2.06. The van der Waals surface area contributed by atoms with Gasteiger partial charge in [0.15, 0.2) is 6.10 Å². The van der Waals surface area contributed by atoms with Crippen molar-refractivity contribution >= 4 is 11.9 Å². The van der Waals surface area contributed by atoms with Crippen molar-refractivity contribution in [2.45, 2.75) is 18.8 Å². The van der Waals surface area contributed by atoms with Gasteiger partial charge in [0.1, 0.15) is 0 Å².